The summed E-state index contributed by atoms with van der Waals surface area (Å²) in [6.45, 7) is 1.85. The second kappa shape index (κ2) is 2.38. The van der Waals surface area contributed by atoms with Gasteiger partial charge < -0.3 is 0 Å². The highest BCUT2D eigenvalue weighted by molar-refractivity contribution is 6.28. The molecular formula is C6H6ClN5. The Hall–Kier alpha value is -1.23. The van der Waals surface area contributed by atoms with Crippen molar-refractivity contribution in [1.82, 2.24) is 25.0 Å². The summed E-state index contributed by atoms with van der Waals surface area (Å²) in [5.41, 5.74) is 2.15. The van der Waals surface area contributed by atoms with E-state index in [1.807, 2.05) is 6.92 Å². The number of rotatable bonds is 0. The number of aryl methyl sites for hydroxylation is 2. The highest BCUT2D eigenvalue weighted by Crippen LogP contribution is 2.13. The molecule has 6 heteroatoms. The molecule has 0 aliphatic carbocycles. The van der Waals surface area contributed by atoms with E-state index in [2.05, 4.69) is 20.3 Å². The molecule has 0 saturated carbocycles. The van der Waals surface area contributed by atoms with Gasteiger partial charge in [0.15, 0.2) is 0 Å². The van der Waals surface area contributed by atoms with Gasteiger partial charge in [-0.1, -0.05) is 5.21 Å². The zero-order valence-corrected chi connectivity index (χ0v) is 7.37. The average molecular weight is 184 g/mol. The Bertz CT molecular complexity index is 435. The zero-order chi connectivity index (χ0) is 8.72. The van der Waals surface area contributed by atoms with Crippen LogP contribution in [0.15, 0.2) is 0 Å². The fourth-order valence-electron chi connectivity index (χ4n) is 1.12. The second-order valence-electron chi connectivity index (χ2n) is 2.46. The SMILES string of the molecule is Cc1nc(Cl)nc2nnn(C)c12. The molecule has 62 valence electrons. The lowest BCUT2D eigenvalue weighted by Crippen LogP contribution is -1.94. The molecule has 0 unspecified atom stereocenters. The van der Waals surface area contributed by atoms with E-state index in [4.69, 9.17) is 11.6 Å². The van der Waals surface area contributed by atoms with Crippen LogP contribution < -0.4 is 0 Å². The Kier molecular flexibility index (Phi) is 1.47. The molecule has 12 heavy (non-hydrogen) atoms. The number of halogens is 1. The first kappa shape index (κ1) is 7.42. The summed E-state index contributed by atoms with van der Waals surface area (Å²) in [5.74, 6) is 0. The minimum Gasteiger partial charge on any atom is -0.244 e. The minimum atomic E-state index is 0.209. The molecule has 0 atom stereocenters. The van der Waals surface area contributed by atoms with Crippen molar-refractivity contribution in [2.75, 3.05) is 0 Å². The van der Waals surface area contributed by atoms with Crippen LogP contribution in [0.2, 0.25) is 5.28 Å². The molecule has 0 aliphatic rings. The van der Waals surface area contributed by atoms with Crippen LogP contribution in [0.4, 0.5) is 0 Å². The van der Waals surface area contributed by atoms with Crippen LogP contribution in [0.25, 0.3) is 11.2 Å². The standard InChI is InChI=1S/C6H6ClN5/c1-3-4-5(9-6(7)8-3)10-11-12(4)2/h1-2H3. The molecule has 0 N–H and O–H groups in total. The van der Waals surface area contributed by atoms with Crippen molar-refractivity contribution < 1.29 is 0 Å². The van der Waals surface area contributed by atoms with Gasteiger partial charge in [-0.3, -0.25) is 0 Å². The van der Waals surface area contributed by atoms with Gasteiger partial charge in [-0.15, -0.1) is 5.10 Å². The Morgan fingerprint density at radius 3 is 2.83 bits per heavy atom. The summed E-state index contributed by atoms with van der Waals surface area (Å²) in [4.78, 5) is 7.91. The number of fused-ring (bicyclic) bond motifs is 1. The quantitative estimate of drug-likeness (QED) is 0.565. The van der Waals surface area contributed by atoms with Crippen molar-refractivity contribution in [2.45, 2.75) is 6.92 Å². The normalized spacial score (nSPS) is 10.9. The van der Waals surface area contributed by atoms with Gasteiger partial charge in [0.05, 0.1) is 5.69 Å². The molecule has 2 aromatic heterocycles. The predicted molar refractivity (Wildman–Crippen MR) is 43.8 cm³/mol. The van der Waals surface area contributed by atoms with E-state index in [1.165, 1.54) is 0 Å². The van der Waals surface area contributed by atoms with Gasteiger partial charge in [0.1, 0.15) is 5.52 Å². The van der Waals surface area contributed by atoms with Crippen molar-refractivity contribution in [1.29, 1.82) is 0 Å². The number of nitrogens with zero attached hydrogens (tertiary/aromatic N) is 5. The fraction of sp³-hybridized carbons (Fsp3) is 0.333. The number of hydrogen-bond donors (Lipinski definition) is 0. The molecule has 0 spiro atoms. The maximum Gasteiger partial charge on any atom is 0.224 e. The lowest BCUT2D eigenvalue weighted by molar-refractivity contribution is 0.733. The van der Waals surface area contributed by atoms with Crippen molar-refractivity contribution in [3.8, 4) is 0 Å². The molecule has 0 aromatic carbocycles. The van der Waals surface area contributed by atoms with Crippen molar-refractivity contribution in [2.24, 2.45) is 7.05 Å². The van der Waals surface area contributed by atoms with E-state index < -0.39 is 0 Å². The van der Waals surface area contributed by atoms with Crippen LogP contribution in [0, 0.1) is 6.92 Å². The monoisotopic (exact) mass is 183 g/mol. The molecule has 0 radical (unpaired) electrons. The fourth-order valence-corrected chi connectivity index (χ4v) is 1.33. The first-order valence-electron chi connectivity index (χ1n) is 3.38. The summed E-state index contributed by atoms with van der Waals surface area (Å²) in [7, 11) is 1.79. The molecule has 2 rings (SSSR count). The molecular weight excluding hydrogens is 178 g/mol. The molecule has 0 saturated heterocycles. The predicted octanol–water partition coefficient (Wildman–Crippen LogP) is 0.720. The Morgan fingerprint density at radius 2 is 2.08 bits per heavy atom. The van der Waals surface area contributed by atoms with Gasteiger partial charge in [-0.05, 0) is 18.5 Å². The van der Waals surface area contributed by atoms with Gasteiger partial charge in [-0.2, -0.15) is 4.98 Å². The number of hydrogen-bond acceptors (Lipinski definition) is 4. The topological polar surface area (TPSA) is 56.5 Å². The highest BCUT2D eigenvalue weighted by Gasteiger charge is 2.07. The number of aromatic nitrogens is 5. The second-order valence-corrected chi connectivity index (χ2v) is 2.80. The molecule has 0 bridgehead atoms. The van der Waals surface area contributed by atoms with Crippen molar-refractivity contribution in [3.05, 3.63) is 11.0 Å². The first-order chi connectivity index (χ1) is 5.68. The van der Waals surface area contributed by atoms with Crippen LogP contribution in [0.5, 0.6) is 0 Å². The summed E-state index contributed by atoms with van der Waals surface area (Å²) < 4.78 is 1.63. The van der Waals surface area contributed by atoms with Gasteiger partial charge in [0, 0.05) is 7.05 Å². The molecule has 2 heterocycles. The van der Waals surface area contributed by atoms with Gasteiger partial charge in [0.25, 0.3) is 0 Å². The maximum absolute atomic E-state index is 5.63. The summed E-state index contributed by atoms with van der Waals surface area (Å²) in [6.07, 6.45) is 0. The molecule has 0 amide bonds. The molecule has 5 nitrogen and oxygen atoms in total. The van der Waals surface area contributed by atoms with E-state index in [-0.39, 0.29) is 5.28 Å². The molecule has 0 fully saturated rings. The maximum atomic E-state index is 5.63. The lowest BCUT2D eigenvalue weighted by Gasteiger charge is -1.95. The summed E-state index contributed by atoms with van der Waals surface area (Å²) >= 11 is 5.63. The largest absolute Gasteiger partial charge is 0.244 e. The van der Waals surface area contributed by atoms with Gasteiger partial charge in [0.2, 0.25) is 10.9 Å². The van der Waals surface area contributed by atoms with Crippen molar-refractivity contribution in [3.63, 3.8) is 0 Å². The van der Waals surface area contributed by atoms with Crippen LogP contribution in [0.3, 0.4) is 0 Å². The third-order valence-corrected chi connectivity index (χ3v) is 1.78. The van der Waals surface area contributed by atoms with Crippen LogP contribution in [-0.2, 0) is 7.05 Å². The van der Waals surface area contributed by atoms with E-state index >= 15 is 0 Å². The Morgan fingerprint density at radius 1 is 1.33 bits per heavy atom. The Labute approximate surface area is 73.4 Å². The Balaban J connectivity index is 2.93. The van der Waals surface area contributed by atoms with E-state index in [0.29, 0.717) is 5.65 Å². The van der Waals surface area contributed by atoms with E-state index in [0.717, 1.165) is 11.2 Å². The highest BCUT2D eigenvalue weighted by atomic mass is 35.5. The third-order valence-electron chi connectivity index (χ3n) is 1.61. The van der Waals surface area contributed by atoms with Crippen LogP contribution in [-0.4, -0.2) is 25.0 Å². The van der Waals surface area contributed by atoms with E-state index in [1.54, 1.807) is 11.7 Å². The van der Waals surface area contributed by atoms with Gasteiger partial charge >= 0.3 is 0 Å². The van der Waals surface area contributed by atoms with Gasteiger partial charge in [-0.25, -0.2) is 9.67 Å². The zero-order valence-electron chi connectivity index (χ0n) is 6.61. The average Bonchev–Trinajstić information content (AvgIpc) is 2.31. The minimum absolute atomic E-state index is 0.209. The van der Waals surface area contributed by atoms with E-state index in [9.17, 15) is 0 Å². The first-order valence-corrected chi connectivity index (χ1v) is 3.76. The third kappa shape index (κ3) is 0.937. The van der Waals surface area contributed by atoms with Crippen LogP contribution >= 0.6 is 11.6 Å². The summed E-state index contributed by atoms with van der Waals surface area (Å²) in [5, 5.41) is 7.83. The molecule has 0 aliphatic heterocycles. The summed E-state index contributed by atoms with van der Waals surface area (Å²) in [6, 6.07) is 0. The smallest absolute Gasteiger partial charge is 0.224 e. The van der Waals surface area contributed by atoms with Crippen molar-refractivity contribution >= 4 is 22.8 Å². The molecule has 2 aromatic rings. The van der Waals surface area contributed by atoms with Crippen LogP contribution in [0.1, 0.15) is 5.69 Å². The lowest BCUT2D eigenvalue weighted by atomic mass is 10.4.